The van der Waals surface area contributed by atoms with Crippen molar-refractivity contribution < 1.29 is 18.3 Å². The number of nitrogens with zero attached hydrogens (tertiary/aromatic N) is 3. The maximum Gasteiger partial charge on any atom is 0.311 e. The van der Waals surface area contributed by atoms with Gasteiger partial charge in [-0.25, -0.2) is 8.42 Å². The summed E-state index contributed by atoms with van der Waals surface area (Å²) in [5.74, 6) is -1.14. The lowest BCUT2D eigenvalue weighted by molar-refractivity contribution is -0.150. The maximum absolute atomic E-state index is 12.7. The van der Waals surface area contributed by atoms with Crippen LogP contribution in [0.5, 0.6) is 0 Å². The molecule has 1 aromatic heterocycles. The molecule has 1 aromatic rings. The Morgan fingerprint density at radius 3 is 2.52 bits per heavy atom. The van der Waals surface area contributed by atoms with Gasteiger partial charge in [-0.05, 0) is 12.3 Å². The Morgan fingerprint density at radius 2 is 2.14 bits per heavy atom. The van der Waals surface area contributed by atoms with Crippen molar-refractivity contribution in [3.63, 3.8) is 0 Å². The van der Waals surface area contributed by atoms with Gasteiger partial charge in [0.1, 0.15) is 0 Å². The van der Waals surface area contributed by atoms with Crippen molar-refractivity contribution >= 4 is 27.6 Å². The Hall–Kier alpha value is -1.12. The van der Waals surface area contributed by atoms with Crippen molar-refractivity contribution in [2.75, 3.05) is 13.1 Å². The van der Waals surface area contributed by atoms with Crippen LogP contribution >= 0.6 is 11.6 Å². The zero-order chi connectivity index (χ0) is 16.0. The van der Waals surface area contributed by atoms with Crippen molar-refractivity contribution in [2.45, 2.75) is 25.3 Å². The number of aryl methyl sites for hydroxylation is 1. The first-order valence-electron chi connectivity index (χ1n) is 6.54. The SMILES string of the molecule is CC(C)C1(C(=O)O)CCN(S(=O)(=O)c2c(Cl)cnn2C)C1. The molecule has 1 atom stereocenters. The van der Waals surface area contributed by atoms with Crippen LogP contribution in [0.2, 0.25) is 5.02 Å². The van der Waals surface area contributed by atoms with Gasteiger partial charge in [-0.15, -0.1) is 0 Å². The van der Waals surface area contributed by atoms with Gasteiger partial charge in [-0.2, -0.15) is 9.40 Å². The number of carbonyl (C=O) groups is 1. The van der Waals surface area contributed by atoms with Crippen LogP contribution in [-0.2, 0) is 21.9 Å². The molecule has 118 valence electrons. The van der Waals surface area contributed by atoms with Gasteiger partial charge < -0.3 is 5.11 Å². The van der Waals surface area contributed by atoms with Crippen molar-refractivity contribution in [2.24, 2.45) is 18.4 Å². The van der Waals surface area contributed by atoms with Crippen molar-refractivity contribution in [3.05, 3.63) is 11.2 Å². The highest BCUT2D eigenvalue weighted by Gasteiger charge is 2.51. The summed E-state index contributed by atoms with van der Waals surface area (Å²) in [6.07, 6.45) is 1.55. The molecule has 0 radical (unpaired) electrons. The van der Waals surface area contributed by atoms with E-state index in [9.17, 15) is 18.3 Å². The van der Waals surface area contributed by atoms with Crippen molar-refractivity contribution in [1.29, 1.82) is 0 Å². The first kappa shape index (κ1) is 16.3. The third kappa shape index (κ3) is 2.45. The summed E-state index contributed by atoms with van der Waals surface area (Å²) in [4.78, 5) is 11.6. The number of carboxylic acids is 1. The molecule has 1 N–H and O–H groups in total. The van der Waals surface area contributed by atoms with Gasteiger partial charge in [0.25, 0.3) is 10.0 Å². The highest BCUT2D eigenvalue weighted by molar-refractivity contribution is 7.89. The normalized spacial score (nSPS) is 23.9. The quantitative estimate of drug-likeness (QED) is 0.892. The van der Waals surface area contributed by atoms with Crippen molar-refractivity contribution in [1.82, 2.24) is 14.1 Å². The van der Waals surface area contributed by atoms with Crippen LogP contribution in [0.3, 0.4) is 0 Å². The van der Waals surface area contributed by atoms with E-state index in [1.165, 1.54) is 22.2 Å². The molecule has 1 aliphatic rings. The third-order valence-electron chi connectivity index (χ3n) is 4.22. The molecule has 1 aliphatic heterocycles. The summed E-state index contributed by atoms with van der Waals surface area (Å²) in [5.41, 5.74) is -1.06. The Balaban J connectivity index is 2.39. The lowest BCUT2D eigenvalue weighted by Crippen LogP contribution is -2.40. The highest BCUT2D eigenvalue weighted by atomic mass is 35.5. The van der Waals surface area contributed by atoms with Crippen LogP contribution in [-0.4, -0.2) is 46.7 Å². The minimum atomic E-state index is -3.86. The number of hydrogen-bond donors (Lipinski definition) is 1. The van der Waals surface area contributed by atoms with E-state index in [-0.39, 0.29) is 35.5 Å². The topological polar surface area (TPSA) is 92.5 Å². The van der Waals surface area contributed by atoms with Gasteiger partial charge in [0, 0.05) is 20.1 Å². The number of hydrogen-bond acceptors (Lipinski definition) is 4. The van der Waals surface area contributed by atoms with E-state index in [1.54, 1.807) is 13.8 Å². The molecule has 1 fully saturated rings. The van der Waals surface area contributed by atoms with E-state index >= 15 is 0 Å². The number of aliphatic carboxylic acids is 1. The number of rotatable bonds is 4. The molecule has 2 heterocycles. The number of sulfonamides is 1. The van der Waals surface area contributed by atoms with Crippen LogP contribution in [0, 0.1) is 11.3 Å². The molecular weight excluding hydrogens is 318 g/mol. The minimum absolute atomic E-state index is 0.0369. The summed E-state index contributed by atoms with van der Waals surface area (Å²) in [7, 11) is -2.37. The Bertz CT molecular complexity index is 651. The second-order valence-electron chi connectivity index (χ2n) is 5.63. The van der Waals surface area contributed by atoms with Crippen LogP contribution in [0.1, 0.15) is 20.3 Å². The molecule has 2 rings (SSSR count). The fraction of sp³-hybridized carbons (Fsp3) is 0.667. The fourth-order valence-corrected chi connectivity index (χ4v) is 4.82. The predicted octanol–water partition coefficient (Wildman–Crippen LogP) is 1.19. The maximum atomic E-state index is 12.7. The van der Waals surface area contributed by atoms with E-state index < -0.39 is 21.4 Å². The first-order valence-corrected chi connectivity index (χ1v) is 8.36. The zero-order valence-corrected chi connectivity index (χ0v) is 13.6. The monoisotopic (exact) mass is 335 g/mol. The number of carboxylic acid groups (broad SMARTS) is 1. The largest absolute Gasteiger partial charge is 0.481 e. The molecule has 7 nitrogen and oxygen atoms in total. The van der Waals surface area contributed by atoms with Gasteiger partial charge >= 0.3 is 5.97 Å². The Kier molecular flexibility index (Phi) is 4.07. The van der Waals surface area contributed by atoms with Crippen LogP contribution < -0.4 is 0 Å². The lowest BCUT2D eigenvalue weighted by atomic mass is 9.77. The number of halogens is 1. The van der Waals surface area contributed by atoms with Crippen LogP contribution in [0.15, 0.2) is 11.2 Å². The highest BCUT2D eigenvalue weighted by Crippen LogP contribution is 2.40. The third-order valence-corrected chi connectivity index (χ3v) is 6.58. The molecule has 0 aliphatic carbocycles. The smallest absolute Gasteiger partial charge is 0.311 e. The molecular formula is C12H18ClN3O4S. The van der Waals surface area contributed by atoms with Gasteiger partial charge in [0.05, 0.1) is 16.6 Å². The summed E-state index contributed by atoms with van der Waals surface area (Å²) in [6, 6.07) is 0. The summed E-state index contributed by atoms with van der Waals surface area (Å²) >= 11 is 5.90. The first-order chi connectivity index (χ1) is 9.63. The van der Waals surface area contributed by atoms with Gasteiger partial charge in [0.15, 0.2) is 5.03 Å². The Morgan fingerprint density at radius 1 is 1.52 bits per heavy atom. The van der Waals surface area contributed by atoms with Crippen LogP contribution in [0.4, 0.5) is 0 Å². The van der Waals surface area contributed by atoms with Crippen molar-refractivity contribution in [3.8, 4) is 0 Å². The van der Waals surface area contributed by atoms with E-state index in [0.29, 0.717) is 0 Å². The summed E-state index contributed by atoms with van der Waals surface area (Å²) in [5, 5.41) is 13.2. The predicted molar refractivity (Wildman–Crippen MR) is 76.5 cm³/mol. The molecule has 0 amide bonds. The zero-order valence-electron chi connectivity index (χ0n) is 12.1. The van der Waals surface area contributed by atoms with Crippen LogP contribution in [0.25, 0.3) is 0 Å². The standard InChI is InChI=1S/C12H18ClN3O4S/c1-8(2)12(11(17)18)4-5-16(7-12)21(19,20)10-9(13)6-14-15(10)3/h6,8H,4-5,7H2,1-3H3,(H,17,18). The Labute approximate surface area is 128 Å². The molecule has 0 bridgehead atoms. The van der Waals surface area contributed by atoms with Gasteiger partial charge in [0.2, 0.25) is 0 Å². The lowest BCUT2D eigenvalue weighted by Gasteiger charge is -2.28. The molecule has 1 saturated heterocycles. The summed E-state index contributed by atoms with van der Waals surface area (Å²) < 4.78 is 27.7. The molecule has 21 heavy (non-hydrogen) atoms. The van der Waals surface area contributed by atoms with E-state index in [4.69, 9.17) is 11.6 Å². The summed E-state index contributed by atoms with van der Waals surface area (Å²) in [6.45, 7) is 3.70. The molecule has 1 unspecified atom stereocenters. The van der Waals surface area contributed by atoms with Gasteiger partial charge in [-0.1, -0.05) is 25.4 Å². The number of aromatic nitrogens is 2. The van der Waals surface area contributed by atoms with E-state index in [1.807, 2.05) is 0 Å². The second kappa shape index (κ2) is 5.26. The average Bonchev–Trinajstić information content (AvgIpc) is 2.94. The van der Waals surface area contributed by atoms with E-state index in [0.717, 1.165) is 0 Å². The molecule has 0 saturated carbocycles. The molecule has 0 aromatic carbocycles. The molecule has 9 heteroatoms. The fourth-order valence-electron chi connectivity index (χ4n) is 2.71. The average molecular weight is 336 g/mol. The second-order valence-corrected chi connectivity index (χ2v) is 7.89. The van der Waals surface area contributed by atoms with E-state index in [2.05, 4.69) is 5.10 Å². The molecule has 0 spiro atoms. The minimum Gasteiger partial charge on any atom is -0.481 e. The van der Waals surface area contributed by atoms with Gasteiger partial charge in [-0.3, -0.25) is 9.48 Å².